The van der Waals surface area contributed by atoms with Gasteiger partial charge in [0.1, 0.15) is 0 Å². The molecule has 0 saturated carbocycles. The molecule has 7 heavy (non-hydrogen) atoms. The number of hydrogen-bond donors (Lipinski definition) is 1. The van der Waals surface area contributed by atoms with Gasteiger partial charge in [-0.3, -0.25) is 5.48 Å². The van der Waals surface area contributed by atoms with Gasteiger partial charge in [0, 0.05) is 0 Å². The molecular formula is C3H7NO3. The van der Waals surface area contributed by atoms with Crippen LogP contribution < -0.4 is 5.48 Å². The highest BCUT2D eigenvalue weighted by Crippen LogP contribution is 1.65. The first kappa shape index (κ1) is 6.39. The average molecular weight is 105 g/mol. The smallest absolute Gasteiger partial charge is 0.512 e. The highest BCUT2D eigenvalue weighted by atomic mass is 16.6. The van der Waals surface area contributed by atoms with Crippen LogP contribution in [0.1, 0.15) is 6.92 Å². The van der Waals surface area contributed by atoms with Crippen molar-refractivity contribution in [2.75, 3.05) is 6.61 Å². The van der Waals surface area contributed by atoms with E-state index in [1.165, 1.54) is 0 Å². The van der Waals surface area contributed by atoms with Crippen LogP contribution in [0.4, 0.5) is 4.79 Å². The summed E-state index contributed by atoms with van der Waals surface area (Å²) < 4.78 is 4.18. The van der Waals surface area contributed by atoms with Gasteiger partial charge in [-0.05, 0) is 6.92 Å². The second kappa shape index (κ2) is 3.58. The van der Waals surface area contributed by atoms with Crippen molar-refractivity contribution < 1.29 is 15.0 Å². The maximum Gasteiger partial charge on any atom is 0.512 e. The molecule has 0 aliphatic carbocycles. The number of amides is 1. The van der Waals surface area contributed by atoms with E-state index in [9.17, 15) is 10.0 Å². The summed E-state index contributed by atoms with van der Waals surface area (Å²) in [6, 6.07) is 0. The largest absolute Gasteiger partial charge is 0.626 e. The topological polar surface area (TPSA) is 66.0 Å². The number of primary amides is 1. The monoisotopic (exact) mass is 105 g/mol. The van der Waals surface area contributed by atoms with Gasteiger partial charge in [0.15, 0.2) is 0 Å². The third-order valence-corrected chi connectivity index (χ3v) is 0.383. The molecule has 0 aromatic heterocycles. The number of quaternary nitrogens is 1. The zero-order valence-electron chi connectivity index (χ0n) is 4.01. The Morgan fingerprint density at radius 2 is 2.57 bits per heavy atom. The third-order valence-electron chi connectivity index (χ3n) is 0.383. The molecule has 0 atom stereocenters. The number of rotatable bonds is 1. The van der Waals surface area contributed by atoms with Crippen molar-refractivity contribution in [3.05, 3.63) is 5.21 Å². The second-order valence-electron chi connectivity index (χ2n) is 0.870. The number of hydrogen-bond acceptors (Lipinski definition) is 3. The van der Waals surface area contributed by atoms with Crippen molar-refractivity contribution >= 4 is 6.09 Å². The molecule has 0 fully saturated rings. The molecule has 4 nitrogen and oxygen atoms in total. The molecule has 0 aromatic carbocycles. The van der Waals surface area contributed by atoms with Crippen LogP contribution >= 0.6 is 0 Å². The summed E-state index contributed by atoms with van der Waals surface area (Å²) in [4.78, 5) is 9.82. The number of carbonyl (C=O) groups excluding carboxylic acids is 1. The van der Waals surface area contributed by atoms with E-state index in [0.29, 0.717) is 0 Å². The van der Waals surface area contributed by atoms with E-state index in [0.717, 1.165) is 0 Å². The Morgan fingerprint density at radius 3 is 2.71 bits per heavy atom. The lowest BCUT2D eigenvalue weighted by molar-refractivity contribution is -0.500. The Kier molecular flexibility index (Phi) is 3.26. The fraction of sp³-hybridized carbons (Fsp3) is 0.667. The first-order valence-corrected chi connectivity index (χ1v) is 1.93. The van der Waals surface area contributed by atoms with E-state index in [-0.39, 0.29) is 12.1 Å². The highest BCUT2D eigenvalue weighted by molar-refractivity contribution is 5.55. The molecule has 0 bridgehead atoms. The number of hydroxylamine groups is 1. The third kappa shape index (κ3) is 3.21. The molecule has 0 heterocycles. The van der Waals surface area contributed by atoms with Crippen LogP contribution in [-0.4, -0.2) is 12.7 Å². The van der Waals surface area contributed by atoms with Crippen molar-refractivity contribution in [1.82, 2.24) is 0 Å². The minimum Gasteiger partial charge on any atom is -0.626 e. The lowest BCUT2D eigenvalue weighted by atomic mass is 10.9. The Labute approximate surface area is 41.0 Å². The van der Waals surface area contributed by atoms with E-state index in [2.05, 4.69) is 4.74 Å². The molecule has 42 valence electrons. The Hall–Kier alpha value is -0.610. The van der Waals surface area contributed by atoms with Crippen molar-refractivity contribution in [1.29, 1.82) is 0 Å². The molecule has 0 radical (unpaired) electrons. The lowest BCUT2D eigenvalue weighted by Crippen LogP contribution is -2.81. The summed E-state index contributed by atoms with van der Waals surface area (Å²) in [7, 11) is 0. The molecule has 0 aliphatic rings. The summed E-state index contributed by atoms with van der Waals surface area (Å²) in [5, 5.41) is 9.42. The van der Waals surface area contributed by atoms with Crippen LogP contribution in [0.15, 0.2) is 0 Å². The maximum atomic E-state index is 9.82. The summed E-state index contributed by atoms with van der Waals surface area (Å²) in [6.07, 6.45) is -0.803. The highest BCUT2D eigenvalue weighted by Gasteiger charge is 1.93. The molecule has 0 saturated heterocycles. The van der Waals surface area contributed by atoms with Gasteiger partial charge in [-0.15, -0.1) is 0 Å². The van der Waals surface area contributed by atoms with Crippen molar-refractivity contribution in [2.24, 2.45) is 0 Å². The molecule has 0 spiro atoms. The van der Waals surface area contributed by atoms with Crippen LogP contribution in [-0.2, 0) is 4.74 Å². The number of ether oxygens (including phenoxy) is 1. The quantitative estimate of drug-likeness (QED) is 0.444. The standard InChI is InChI=1S/C3H7NO3/c1-2-7-3(5)4-6/h2,4H2,1H3. The van der Waals surface area contributed by atoms with Gasteiger partial charge in [0.05, 0.1) is 6.61 Å². The minimum atomic E-state index is -0.803. The Bertz CT molecular complexity index is 63.2. The van der Waals surface area contributed by atoms with Crippen LogP contribution in [0.25, 0.3) is 0 Å². The minimum absolute atomic E-state index is 0.142. The van der Waals surface area contributed by atoms with E-state index >= 15 is 0 Å². The zero-order chi connectivity index (χ0) is 5.70. The van der Waals surface area contributed by atoms with Gasteiger partial charge in [-0.25, -0.2) is 0 Å². The average Bonchev–Trinajstić information content (AvgIpc) is 1.68. The molecule has 0 unspecified atom stereocenters. The first-order valence-electron chi connectivity index (χ1n) is 1.93. The summed E-state index contributed by atoms with van der Waals surface area (Å²) >= 11 is 0. The number of nitrogens with two attached hydrogens (primary N) is 1. The van der Waals surface area contributed by atoms with E-state index in [1.807, 2.05) is 0 Å². The van der Waals surface area contributed by atoms with Gasteiger partial charge < -0.3 is 9.94 Å². The van der Waals surface area contributed by atoms with Crippen LogP contribution in [0.5, 0.6) is 0 Å². The molecule has 0 aliphatic heterocycles. The fourth-order valence-electron chi connectivity index (χ4n) is 0.176. The second-order valence-corrected chi connectivity index (χ2v) is 0.870. The van der Waals surface area contributed by atoms with Crippen molar-refractivity contribution in [3.63, 3.8) is 0 Å². The summed E-state index contributed by atoms with van der Waals surface area (Å²) in [6.45, 7) is 1.90. The van der Waals surface area contributed by atoms with E-state index in [4.69, 9.17) is 0 Å². The van der Waals surface area contributed by atoms with Gasteiger partial charge in [0.25, 0.3) is 0 Å². The predicted octanol–water partition coefficient (Wildman–Crippen LogP) is -0.796. The molecule has 4 heteroatoms. The van der Waals surface area contributed by atoms with E-state index < -0.39 is 6.09 Å². The molecular weight excluding hydrogens is 98.0 g/mol. The normalized spacial score (nSPS) is 8.29. The zero-order valence-corrected chi connectivity index (χ0v) is 4.01. The van der Waals surface area contributed by atoms with Crippen LogP contribution in [0.3, 0.4) is 0 Å². The fourth-order valence-corrected chi connectivity index (χ4v) is 0.176. The Morgan fingerprint density at radius 1 is 2.00 bits per heavy atom. The van der Waals surface area contributed by atoms with Crippen LogP contribution in [0.2, 0.25) is 0 Å². The van der Waals surface area contributed by atoms with Crippen LogP contribution in [0, 0.1) is 5.21 Å². The molecule has 2 N–H and O–H groups in total. The SMILES string of the molecule is CCOC(=O)[NH2+][O-]. The van der Waals surface area contributed by atoms with E-state index in [1.54, 1.807) is 6.92 Å². The van der Waals surface area contributed by atoms with Crippen molar-refractivity contribution in [3.8, 4) is 0 Å². The van der Waals surface area contributed by atoms with Crippen molar-refractivity contribution in [2.45, 2.75) is 6.92 Å². The summed E-state index contributed by atoms with van der Waals surface area (Å²) in [5.41, 5.74) is 0.142. The first-order chi connectivity index (χ1) is 3.31. The molecule has 0 aromatic rings. The maximum absolute atomic E-state index is 9.82. The summed E-state index contributed by atoms with van der Waals surface area (Å²) in [5.74, 6) is 0. The lowest BCUT2D eigenvalue weighted by Gasteiger charge is -1.96. The number of carbonyl (C=O) groups is 1. The molecule has 0 rings (SSSR count). The van der Waals surface area contributed by atoms with Gasteiger partial charge >= 0.3 is 6.09 Å². The Balaban J connectivity index is 3.00. The van der Waals surface area contributed by atoms with Gasteiger partial charge in [0.2, 0.25) is 0 Å². The van der Waals surface area contributed by atoms with Gasteiger partial charge in [-0.1, -0.05) is 0 Å². The predicted molar refractivity (Wildman–Crippen MR) is 22.3 cm³/mol. The van der Waals surface area contributed by atoms with Gasteiger partial charge in [-0.2, -0.15) is 4.79 Å². The molecule has 1 amide bonds.